The van der Waals surface area contributed by atoms with Crippen molar-refractivity contribution >= 4 is 34.4 Å². The fourth-order valence-electron chi connectivity index (χ4n) is 3.43. The van der Waals surface area contributed by atoms with Gasteiger partial charge in [-0.25, -0.2) is 4.98 Å². The Kier molecular flexibility index (Phi) is 4.80. The van der Waals surface area contributed by atoms with Gasteiger partial charge in [0.25, 0.3) is 0 Å². The van der Waals surface area contributed by atoms with Crippen LogP contribution in [0.5, 0.6) is 0 Å². The van der Waals surface area contributed by atoms with Crippen molar-refractivity contribution in [2.24, 2.45) is 5.92 Å². The van der Waals surface area contributed by atoms with E-state index in [1.54, 1.807) is 11.8 Å². The van der Waals surface area contributed by atoms with Crippen molar-refractivity contribution in [2.75, 3.05) is 37.0 Å². The normalized spacial score (nSPS) is 21.6. The zero-order chi connectivity index (χ0) is 16.4. The van der Waals surface area contributed by atoms with Crippen LogP contribution >= 0.6 is 11.8 Å². The number of thioether (sulfide) groups is 1. The Morgan fingerprint density at radius 3 is 3.13 bits per heavy atom. The summed E-state index contributed by atoms with van der Waals surface area (Å²) in [5.74, 6) is 1.38. The van der Waals surface area contributed by atoms with Gasteiger partial charge in [-0.15, -0.1) is 0 Å². The molecule has 2 aromatic heterocycles. The molecule has 0 saturated carbocycles. The number of aromatic amines is 1. The highest BCUT2D eigenvalue weighted by Crippen LogP contribution is 2.30. The molecule has 1 amide bonds. The summed E-state index contributed by atoms with van der Waals surface area (Å²) in [6, 6.07) is 4.46. The quantitative estimate of drug-likeness (QED) is 0.935. The predicted molar refractivity (Wildman–Crippen MR) is 97.0 cm³/mol. The summed E-state index contributed by atoms with van der Waals surface area (Å²) in [6.07, 6.45) is 6.80. The van der Waals surface area contributed by atoms with Crippen LogP contribution in [0.2, 0.25) is 0 Å². The summed E-state index contributed by atoms with van der Waals surface area (Å²) in [4.78, 5) is 24.1. The molecule has 124 valence electrons. The van der Waals surface area contributed by atoms with E-state index in [9.17, 15) is 4.79 Å². The van der Waals surface area contributed by atoms with Crippen LogP contribution in [-0.2, 0) is 4.79 Å². The van der Waals surface area contributed by atoms with Crippen LogP contribution in [0, 0.1) is 5.92 Å². The van der Waals surface area contributed by atoms with Crippen LogP contribution < -0.4 is 4.90 Å². The van der Waals surface area contributed by atoms with Crippen LogP contribution in [-0.4, -0.2) is 59.0 Å². The van der Waals surface area contributed by atoms with Gasteiger partial charge in [-0.1, -0.05) is 6.92 Å². The van der Waals surface area contributed by atoms with Crippen LogP contribution in [0.4, 0.5) is 5.69 Å². The number of carbonyl (C=O) groups excluding carboxylic acids is 1. The third-order valence-corrected chi connectivity index (χ3v) is 5.39. The standard InChI is InChI=1S/C17H24N4OS/c1-12-6-9-21(16(22)11-23-3)10-15(12)20(2)14-5-8-19-17-13(14)4-7-18-17/h4-5,7-8,12,15H,6,9-11H2,1-3H3,(H,18,19)/t12-,15+/m1/s1. The Bertz CT molecular complexity index is 686. The van der Waals surface area contributed by atoms with Gasteiger partial charge in [0, 0.05) is 49.6 Å². The summed E-state index contributed by atoms with van der Waals surface area (Å²) in [6.45, 7) is 3.96. The molecule has 23 heavy (non-hydrogen) atoms. The van der Waals surface area contributed by atoms with Gasteiger partial charge < -0.3 is 14.8 Å². The summed E-state index contributed by atoms with van der Waals surface area (Å²) < 4.78 is 0. The average molecular weight is 332 g/mol. The number of carbonyl (C=O) groups is 1. The number of pyridine rings is 1. The second kappa shape index (κ2) is 6.83. The molecule has 1 aliphatic rings. The molecule has 5 nitrogen and oxygen atoms in total. The Morgan fingerprint density at radius 2 is 2.35 bits per heavy atom. The minimum atomic E-state index is 0.254. The monoisotopic (exact) mass is 332 g/mol. The van der Waals surface area contributed by atoms with Crippen molar-refractivity contribution in [3.63, 3.8) is 0 Å². The number of hydrogen-bond donors (Lipinski definition) is 1. The average Bonchev–Trinajstić information content (AvgIpc) is 3.03. The van der Waals surface area contributed by atoms with E-state index in [1.165, 1.54) is 5.69 Å². The van der Waals surface area contributed by atoms with E-state index in [4.69, 9.17) is 0 Å². The summed E-state index contributed by atoms with van der Waals surface area (Å²) in [7, 11) is 2.13. The zero-order valence-electron chi connectivity index (χ0n) is 14.0. The minimum Gasteiger partial charge on any atom is -0.369 e. The molecular formula is C17H24N4OS. The largest absolute Gasteiger partial charge is 0.369 e. The van der Waals surface area contributed by atoms with Gasteiger partial charge in [-0.3, -0.25) is 4.79 Å². The number of amides is 1. The minimum absolute atomic E-state index is 0.254. The SMILES string of the molecule is CSCC(=O)N1CC[C@@H](C)[C@@H](N(C)c2ccnc3[nH]ccc23)C1. The third-order valence-electron chi connectivity index (χ3n) is 4.85. The molecule has 0 aliphatic carbocycles. The second-order valence-corrected chi connectivity index (χ2v) is 7.15. The molecule has 0 bridgehead atoms. The van der Waals surface area contributed by atoms with Gasteiger partial charge in [-0.05, 0) is 30.7 Å². The lowest BCUT2D eigenvalue weighted by Gasteiger charge is -2.42. The number of fused-ring (bicyclic) bond motifs is 1. The van der Waals surface area contributed by atoms with E-state index >= 15 is 0 Å². The van der Waals surface area contributed by atoms with E-state index in [0.717, 1.165) is 30.5 Å². The number of piperidine rings is 1. The van der Waals surface area contributed by atoms with Gasteiger partial charge in [0.2, 0.25) is 5.91 Å². The fraction of sp³-hybridized carbons (Fsp3) is 0.529. The lowest BCUT2D eigenvalue weighted by atomic mass is 9.92. The zero-order valence-corrected chi connectivity index (χ0v) is 14.8. The lowest BCUT2D eigenvalue weighted by Crippen LogP contribution is -2.53. The van der Waals surface area contributed by atoms with E-state index in [1.807, 2.05) is 23.5 Å². The number of nitrogens with zero attached hydrogens (tertiary/aromatic N) is 3. The summed E-state index contributed by atoms with van der Waals surface area (Å²) >= 11 is 1.60. The molecule has 6 heteroatoms. The Hall–Kier alpha value is -1.69. The van der Waals surface area contributed by atoms with Crippen molar-refractivity contribution in [3.05, 3.63) is 24.5 Å². The number of likely N-dealkylation sites (N-methyl/N-ethyl adjacent to an activating group) is 1. The number of anilines is 1. The first-order valence-electron chi connectivity index (χ1n) is 8.03. The van der Waals surface area contributed by atoms with E-state index in [2.05, 4.69) is 41.0 Å². The maximum Gasteiger partial charge on any atom is 0.232 e. The Morgan fingerprint density at radius 1 is 1.52 bits per heavy atom. The van der Waals surface area contributed by atoms with Crippen molar-refractivity contribution in [3.8, 4) is 0 Å². The molecule has 0 spiro atoms. The highest BCUT2D eigenvalue weighted by molar-refractivity contribution is 7.99. The first-order chi connectivity index (χ1) is 11.1. The maximum absolute atomic E-state index is 12.3. The van der Waals surface area contributed by atoms with Crippen molar-refractivity contribution in [1.29, 1.82) is 0 Å². The maximum atomic E-state index is 12.3. The van der Waals surface area contributed by atoms with Crippen LogP contribution in [0.1, 0.15) is 13.3 Å². The van der Waals surface area contributed by atoms with E-state index < -0.39 is 0 Å². The Balaban J connectivity index is 1.83. The number of rotatable bonds is 4. The van der Waals surface area contributed by atoms with Crippen molar-refractivity contribution in [2.45, 2.75) is 19.4 Å². The number of hydrogen-bond acceptors (Lipinski definition) is 4. The second-order valence-electron chi connectivity index (χ2n) is 6.29. The highest BCUT2D eigenvalue weighted by atomic mass is 32.2. The number of H-pyrrole nitrogens is 1. The number of aromatic nitrogens is 2. The molecule has 3 rings (SSSR count). The van der Waals surface area contributed by atoms with E-state index in [0.29, 0.717) is 17.7 Å². The molecule has 3 heterocycles. The first-order valence-corrected chi connectivity index (χ1v) is 9.43. The topological polar surface area (TPSA) is 52.2 Å². The molecule has 0 unspecified atom stereocenters. The molecule has 1 saturated heterocycles. The van der Waals surface area contributed by atoms with Crippen LogP contribution in [0.25, 0.3) is 11.0 Å². The number of likely N-dealkylation sites (tertiary alicyclic amines) is 1. The van der Waals surface area contributed by atoms with Gasteiger partial charge >= 0.3 is 0 Å². The molecule has 2 aromatic rings. The number of nitrogens with one attached hydrogen (secondary N) is 1. The smallest absolute Gasteiger partial charge is 0.232 e. The third kappa shape index (κ3) is 3.17. The lowest BCUT2D eigenvalue weighted by molar-refractivity contribution is -0.130. The molecule has 2 atom stereocenters. The molecular weight excluding hydrogens is 308 g/mol. The highest BCUT2D eigenvalue weighted by Gasteiger charge is 2.31. The predicted octanol–water partition coefficient (Wildman–Crippen LogP) is 2.60. The van der Waals surface area contributed by atoms with Crippen molar-refractivity contribution < 1.29 is 4.79 Å². The molecule has 1 fully saturated rings. The molecule has 0 aromatic carbocycles. The fourth-order valence-corrected chi connectivity index (χ4v) is 3.86. The first kappa shape index (κ1) is 16.2. The van der Waals surface area contributed by atoms with Gasteiger partial charge in [0.15, 0.2) is 0 Å². The summed E-state index contributed by atoms with van der Waals surface area (Å²) in [5, 5.41) is 1.13. The van der Waals surface area contributed by atoms with Gasteiger partial charge in [0.05, 0.1) is 5.75 Å². The van der Waals surface area contributed by atoms with Gasteiger partial charge in [0.1, 0.15) is 5.65 Å². The van der Waals surface area contributed by atoms with Gasteiger partial charge in [-0.2, -0.15) is 11.8 Å². The van der Waals surface area contributed by atoms with Crippen molar-refractivity contribution in [1.82, 2.24) is 14.9 Å². The van der Waals surface area contributed by atoms with E-state index in [-0.39, 0.29) is 5.91 Å². The Labute approximate surface area is 141 Å². The molecule has 1 aliphatic heterocycles. The van der Waals surface area contributed by atoms with Crippen LogP contribution in [0.3, 0.4) is 0 Å². The van der Waals surface area contributed by atoms with Crippen LogP contribution in [0.15, 0.2) is 24.5 Å². The summed E-state index contributed by atoms with van der Waals surface area (Å²) in [5.41, 5.74) is 2.08. The molecule has 1 N–H and O–H groups in total. The molecule has 0 radical (unpaired) electrons.